The summed E-state index contributed by atoms with van der Waals surface area (Å²) >= 11 is 0. The number of methoxy groups -OCH3 is 1. The summed E-state index contributed by atoms with van der Waals surface area (Å²) in [6.07, 6.45) is -4.88. The highest BCUT2D eigenvalue weighted by molar-refractivity contribution is 5.66. The summed E-state index contributed by atoms with van der Waals surface area (Å²) in [4.78, 5) is 11.9. The van der Waals surface area contributed by atoms with E-state index in [4.69, 9.17) is 4.74 Å². The van der Waals surface area contributed by atoms with Gasteiger partial charge in [0.2, 0.25) is 0 Å². The van der Waals surface area contributed by atoms with Crippen LogP contribution in [-0.2, 0) is 19.3 Å². The molecule has 0 saturated heterocycles. The molecule has 8 heteroatoms. The smallest absolute Gasteiger partial charge is 0.423 e. The van der Waals surface area contributed by atoms with Gasteiger partial charge in [-0.05, 0) is 17.2 Å². The topological polar surface area (TPSA) is 55.6 Å². The van der Waals surface area contributed by atoms with Crippen molar-refractivity contribution in [1.82, 2.24) is 0 Å². The molecule has 0 N–H and O–H groups in total. The summed E-state index contributed by atoms with van der Waals surface area (Å²) in [5.41, 5.74) is -0.468. The molecule has 0 aliphatic carbocycles. The normalized spacial score (nSPS) is 11.2. The largest absolute Gasteiger partial charge is 0.494 e. The van der Waals surface area contributed by atoms with E-state index in [0.717, 1.165) is 23.3 Å². The molecule has 3 rings (SSSR count). The van der Waals surface area contributed by atoms with Crippen LogP contribution in [0.15, 0.2) is 72.8 Å². The van der Waals surface area contributed by atoms with Crippen LogP contribution < -0.4 is 9.64 Å². The molecule has 0 heterocycles. The van der Waals surface area contributed by atoms with E-state index in [1.807, 2.05) is 60.7 Å². The number of ether oxygens (including phenoxy) is 1. The number of benzene rings is 3. The molecule has 0 atom stereocenters. The maximum Gasteiger partial charge on any atom is 0.423 e. The van der Waals surface area contributed by atoms with Crippen molar-refractivity contribution < 1.29 is 22.8 Å². The van der Waals surface area contributed by atoms with E-state index in [0.29, 0.717) is 13.1 Å². The molecule has 0 radical (unpaired) electrons. The minimum absolute atomic E-state index is 0.00145. The van der Waals surface area contributed by atoms with E-state index in [1.54, 1.807) is 4.90 Å². The Labute approximate surface area is 171 Å². The summed E-state index contributed by atoms with van der Waals surface area (Å²) in [7, 11) is 1.28. The highest BCUT2D eigenvalue weighted by Gasteiger charge is 2.40. The van der Waals surface area contributed by atoms with Crippen LogP contribution >= 0.6 is 0 Å². The molecule has 3 aromatic carbocycles. The molecule has 0 unspecified atom stereocenters. The third-order valence-electron chi connectivity index (χ3n) is 4.57. The first kappa shape index (κ1) is 21.2. The third-order valence-corrected chi connectivity index (χ3v) is 4.57. The first-order valence-electron chi connectivity index (χ1n) is 9.06. The SMILES string of the molecule is COc1cc([N+](=O)[O-])c(C(F)(F)F)cc1N(Cc1ccccc1)Cc1ccccc1. The molecule has 0 spiro atoms. The molecule has 5 nitrogen and oxygen atoms in total. The molecule has 0 amide bonds. The molecule has 156 valence electrons. The van der Waals surface area contributed by atoms with Crippen molar-refractivity contribution in [1.29, 1.82) is 0 Å². The number of nitrogens with zero attached hydrogens (tertiary/aromatic N) is 2. The Balaban J connectivity index is 2.14. The van der Waals surface area contributed by atoms with Gasteiger partial charge in [-0.1, -0.05) is 60.7 Å². The molecule has 0 aromatic heterocycles. The highest BCUT2D eigenvalue weighted by Crippen LogP contribution is 2.43. The Morgan fingerprint density at radius 3 is 1.83 bits per heavy atom. The summed E-state index contributed by atoms with van der Waals surface area (Å²) in [6.45, 7) is 0.586. The zero-order chi connectivity index (χ0) is 21.7. The first-order valence-corrected chi connectivity index (χ1v) is 9.06. The molecular formula is C22H19F3N2O3. The minimum atomic E-state index is -4.88. The zero-order valence-electron chi connectivity index (χ0n) is 16.1. The lowest BCUT2D eigenvalue weighted by molar-refractivity contribution is -0.388. The van der Waals surface area contributed by atoms with Crippen molar-refractivity contribution in [2.75, 3.05) is 12.0 Å². The van der Waals surface area contributed by atoms with E-state index >= 15 is 0 Å². The fourth-order valence-electron chi connectivity index (χ4n) is 3.18. The van der Waals surface area contributed by atoms with Gasteiger partial charge in [-0.3, -0.25) is 10.1 Å². The molecule has 0 aliphatic rings. The van der Waals surface area contributed by atoms with Gasteiger partial charge in [-0.2, -0.15) is 13.2 Å². The average molecular weight is 416 g/mol. The van der Waals surface area contributed by atoms with Crippen molar-refractivity contribution in [2.45, 2.75) is 19.3 Å². The van der Waals surface area contributed by atoms with E-state index in [1.165, 1.54) is 7.11 Å². The molecular weight excluding hydrogens is 397 g/mol. The predicted octanol–water partition coefficient (Wildman–Crippen LogP) is 5.83. The van der Waals surface area contributed by atoms with Crippen molar-refractivity contribution in [3.05, 3.63) is 99.6 Å². The van der Waals surface area contributed by atoms with Crippen LogP contribution in [0.4, 0.5) is 24.5 Å². The van der Waals surface area contributed by atoms with E-state index < -0.39 is 22.4 Å². The molecule has 0 bridgehead atoms. The van der Waals surface area contributed by atoms with Crippen molar-refractivity contribution in [3.8, 4) is 5.75 Å². The monoisotopic (exact) mass is 416 g/mol. The van der Waals surface area contributed by atoms with Crippen LogP contribution in [0.3, 0.4) is 0 Å². The summed E-state index contributed by atoms with van der Waals surface area (Å²) in [6, 6.07) is 20.1. The van der Waals surface area contributed by atoms with Crippen LogP contribution in [0.5, 0.6) is 5.75 Å². The van der Waals surface area contributed by atoms with Gasteiger partial charge in [-0.15, -0.1) is 0 Å². The number of nitro benzene ring substituents is 1. The van der Waals surface area contributed by atoms with Crippen molar-refractivity contribution >= 4 is 11.4 Å². The number of nitro groups is 1. The number of anilines is 1. The van der Waals surface area contributed by atoms with Gasteiger partial charge in [0.1, 0.15) is 11.3 Å². The van der Waals surface area contributed by atoms with E-state index in [-0.39, 0.29) is 11.4 Å². The summed E-state index contributed by atoms with van der Waals surface area (Å²) < 4.78 is 46.0. The second-order valence-corrected chi connectivity index (χ2v) is 6.62. The summed E-state index contributed by atoms with van der Waals surface area (Å²) in [5.74, 6) is 0.00145. The van der Waals surface area contributed by atoms with Gasteiger partial charge in [0.05, 0.1) is 23.8 Å². The predicted molar refractivity (Wildman–Crippen MR) is 107 cm³/mol. The third kappa shape index (κ3) is 4.89. The lowest BCUT2D eigenvalue weighted by Gasteiger charge is -2.27. The molecule has 30 heavy (non-hydrogen) atoms. The number of hydrogen-bond acceptors (Lipinski definition) is 4. The van der Waals surface area contributed by atoms with Crippen LogP contribution in [-0.4, -0.2) is 12.0 Å². The molecule has 0 fully saturated rings. The molecule has 3 aromatic rings. The second-order valence-electron chi connectivity index (χ2n) is 6.62. The zero-order valence-corrected chi connectivity index (χ0v) is 16.1. The van der Waals surface area contributed by atoms with Crippen LogP contribution in [0.2, 0.25) is 0 Å². The van der Waals surface area contributed by atoms with Gasteiger partial charge in [0.25, 0.3) is 5.69 Å². The number of alkyl halides is 3. The van der Waals surface area contributed by atoms with Gasteiger partial charge < -0.3 is 9.64 Å². The van der Waals surface area contributed by atoms with Gasteiger partial charge in [-0.25, -0.2) is 0 Å². The fourth-order valence-corrected chi connectivity index (χ4v) is 3.18. The lowest BCUT2D eigenvalue weighted by atomic mass is 10.1. The standard InChI is InChI=1S/C22H19F3N2O3/c1-30-21-13-19(27(28)29)18(22(23,24)25)12-20(21)26(14-16-8-4-2-5-9-16)15-17-10-6-3-7-11-17/h2-13H,14-15H2,1H3. The van der Waals surface area contributed by atoms with E-state index in [9.17, 15) is 23.3 Å². The second kappa shape index (κ2) is 8.86. The fraction of sp³-hybridized carbons (Fsp3) is 0.182. The average Bonchev–Trinajstić information content (AvgIpc) is 2.73. The maximum atomic E-state index is 13.6. The number of halogens is 3. The van der Waals surface area contributed by atoms with Crippen LogP contribution in [0, 0.1) is 10.1 Å². The Kier molecular flexibility index (Phi) is 6.25. The summed E-state index contributed by atoms with van der Waals surface area (Å²) in [5, 5.41) is 11.2. The van der Waals surface area contributed by atoms with E-state index in [2.05, 4.69) is 0 Å². The van der Waals surface area contributed by atoms with Crippen molar-refractivity contribution in [2.24, 2.45) is 0 Å². The van der Waals surface area contributed by atoms with Gasteiger partial charge >= 0.3 is 6.18 Å². The quantitative estimate of drug-likeness (QED) is 0.359. The molecule has 0 saturated carbocycles. The first-order chi connectivity index (χ1) is 14.3. The Bertz CT molecular complexity index is 968. The van der Waals surface area contributed by atoms with Gasteiger partial charge in [0.15, 0.2) is 0 Å². The number of rotatable bonds is 7. The lowest BCUT2D eigenvalue weighted by Crippen LogP contribution is -2.23. The van der Waals surface area contributed by atoms with Crippen LogP contribution in [0.25, 0.3) is 0 Å². The maximum absolute atomic E-state index is 13.6. The Hall–Kier alpha value is -3.55. The van der Waals surface area contributed by atoms with Crippen molar-refractivity contribution in [3.63, 3.8) is 0 Å². The van der Waals surface area contributed by atoms with Crippen LogP contribution in [0.1, 0.15) is 16.7 Å². The van der Waals surface area contributed by atoms with Gasteiger partial charge in [0, 0.05) is 13.1 Å². The minimum Gasteiger partial charge on any atom is -0.494 e. The number of hydrogen-bond donors (Lipinski definition) is 0. The Morgan fingerprint density at radius 1 is 0.933 bits per heavy atom. The molecule has 0 aliphatic heterocycles. The highest BCUT2D eigenvalue weighted by atomic mass is 19.4. The Morgan fingerprint density at radius 2 is 1.43 bits per heavy atom.